The van der Waals surface area contributed by atoms with Gasteiger partial charge in [0.05, 0.1) is 68.9 Å². The summed E-state index contributed by atoms with van der Waals surface area (Å²) < 4.78 is 20.0. The first-order valence-electron chi connectivity index (χ1n) is 26.8. The molecule has 7 N–H and O–H groups in total. The predicted molar refractivity (Wildman–Crippen MR) is 299 cm³/mol. The Morgan fingerprint density at radius 1 is 0.756 bits per heavy atom. The van der Waals surface area contributed by atoms with E-state index in [2.05, 4.69) is 80.4 Å². The van der Waals surface area contributed by atoms with Crippen molar-refractivity contribution >= 4 is 53.0 Å². The van der Waals surface area contributed by atoms with Crippen LogP contribution in [0.3, 0.4) is 0 Å². The van der Waals surface area contributed by atoms with Gasteiger partial charge >= 0.3 is 0 Å². The monoisotopic (exact) mass is 1090 g/mol. The number of aromatic nitrogens is 10. The summed E-state index contributed by atoms with van der Waals surface area (Å²) in [5, 5.41) is 31.9. The van der Waals surface area contributed by atoms with Crippen LogP contribution in [0.1, 0.15) is 87.3 Å². The number of piperazine rings is 2. The number of carbonyl (C=O) groups excluding carboxylic acids is 2. The lowest BCUT2D eigenvalue weighted by Gasteiger charge is -2.38. The zero-order valence-electron chi connectivity index (χ0n) is 45.2. The topological polar surface area (TPSA) is 275 Å². The number of aromatic amines is 1. The summed E-state index contributed by atoms with van der Waals surface area (Å²) in [7, 11) is 0. The summed E-state index contributed by atoms with van der Waals surface area (Å²) in [6, 6.07) is 15.0. The number of nitrogens with one attached hydrogen (secondary N) is 2. The van der Waals surface area contributed by atoms with E-state index in [1.54, 1.807) is 27.7 Å². The van der Waals surface area contributed by atoms with Crippen LogP contribution in [-0.2, 0) is 36.6 Å². The van der Waals surface area contributed by atoms with E-state index in [1.165, 1.54) is 0 Å². The summed E-state index contributed by atoms with van der Waals surface area (Å²) in [5.74, 6) is 4.23. The number of amides is 2. The summed E-state index contributed by atoms with van der Waals surface area (Å²) in [5.41, 5.74) is 17.2. The molecule has 0 spiro atoms. The molecule has 78 heavy (non-hydrogen) atoms. The van der Waals surface area contributed by atoms with Crippen LogP contribution in [0.25, 0.3) is 10.9 Å². The van der Waals surface area contributed by atoms with E-state index >= 15 is 0 Å². The number of phenols is 1. The number of nitrogens with zero attached hydrogens (tertiary/aromatic N) is 13. The first kappa shape index (κ1) is 58.7. The average Bonchev–Trinajstić information content (AvgIpc) is 4.25. The molecule has 2 saturated heterocycles. The fourth-order valence-electron chi connectivity index (χ4n) is 9.59. The van der Waals surface area contributed by atoms with Gasteiger partial charge in [-0.2, -0.15) is 15.0 Å². The van der Waals surface area contributed by atoms with Crippen molar-refractivity contribution in [3.63, 3.8) is 0 Å². The molecular formula is C54H76ClN17O6. The van der Waals surface area contributed by atoms with Gasteiger partial charge in [-0.25, -0.2) is 9.36 Å². The molecule has 2 amide bonds. The highest BCUT2D eigenvalue weighted by Gasteiger charge is 2.35. The van der Waals surface area contributed by atoms with Crippen LogP contribution in [0.15, 0.2) is 67.0 Å². The zero-order valence-corrected chi connectivity index (χ0v) is 46.0. The van der Waals surface area contributed by atoms with Crippen molar-refractivity contribution in [2.45, 2.75) is 77.5 Å². The van der Waals surface area contributed by atoms with Crippen LogP contribution in [0.4, 0.5) is 17.8 Å². The Hall–Kier alpha value is -6.94. The number of fused-ring (bicyclic) bond motifs is 1. The normalized spacial score (nSPS) is 15.9. The maximum absolute atomic E-state index is 14.8. The van der Waals surface area contributed by atoms with E-state index in [-0.39, 0.29) is 48.5 Å². The molecule has 0 radical (unpaired) electrons. The molecule has 0 bridgehead atoms. The van der Waals surface area contributed by atoms with Crippen LogP contribution >= 0.6 is 12.4 Å². The number of halogens is 1. The number of hydrogen-bond donors (Lipinski definition) is 5. The van der Waals surface area contributed by atoms with Gasteiger partial charge in [0.15, 0.2) is 0 Å². The zero-order chi connectivity index (χ0) is 54.3. The highest BCUT2D eigenvalue weighted by molar-refractivity contribution is 5.85. The van der Waals surface area contributed by atoms with Crippen LogP contribution in [-0.4, -0.2) is 175 Å². The second kappa shape index (κ2) is 28.6. The molecule has 24 heteroatoms. The van der Waals surface area contributed by atoms with E-state index in [1.807, 2.05) is 52.4 Å². The van der Waals surface area contributed by atoms with Crippen LogP contribution in [0.2, 0.25) is 0 Å². The maximum atomic E-state index is 14.8. The summed E-state index contributed by atoms with van der Waals surface area (Å²) in [6.07, 6.45) is 11.2. The smallest absolute Gasteiger partial charge is 0.248 e. The van der Waals surface area contributed by atoms with E-state index in [9.17, 15) is 14.7 Å². The lowest BCUT2D eigenvalue weighted by molar-refractivity contribution is -0.137. The van der Waals surface area contributed by atoms with Crippen molar-refractivity contribution in [3.05, 3.63) is 89.6 Å². The summed E-state index contributed by atoms with van der Waals surface area (Å²) in [6.45, 7) is 14.7. The van der Waals surface area contributed by atoms with Gasteiger partial charge in [0.1, 0.15) is 24.4 Å². The number of benzene rings is 2. The van der Waals surface area contributed by atoms with Crippen molar-refractivity contribution in [2.24, 2.45) is 23.3 Å². The lowest BCUT2D eigenvalue weighted by Crippen LogP contribution is -2.52. The van der Waals surface area contributed by atoms with Gasteiger partial charge in [-0.15, -0.1) is 29.0 Å². The third kappa shape index (κ3) is 15.6. The number of para-hydroxylation sites is 1. The quantitative estimate of drug-likeness (QED) is 0.0359. The standard InChI is InChI=1S/C54H75N17O6.ClH/c1-6-25-75-27-29-77-30-28-76-26-16-57-52-59-53(61-54(60-52)69-23-19-67(20-24-69)51(74)49(38(5)7-2)71-36-47(63-65-71)43(55)31-37(3)4)68-21-17-66(18-22-68)50(73)48(34-41-33-40-10-8-9-11-45(40)58-41)70-35-46(62-64-70)44(56)32-39-12-14-42(72)15-13-39;/h1,8-15,33,35-38,43-44,48-49,58,72H,7,16-32,34,55-56H2,2-5H3,(H,57,59,60,61);1H/t38-,43-,44-,48-,49-;/m0./s1. The first-order chi connectivity index (χ1) is 37.4. The number of H-pyrrole nitrogens is 1. The molecule has 2 aliphatic heterocycles. The summed E-state index contributed by atoms with van der Waals surface area (Å²) >= 11 is 0. The Kier molecular flexibility index (Phi) is 21.5. The number of terminal acetylenes is 1. The highest BCUT2D eigenvalue weighted by Crippen LogP contribution is 2.28. The molecule has 5 atom stereocenters. The number of carbonyl (C=O) groups is 2. The minimum absolute atomic E-state index is 0. The molecule has 4 aromatic heterocycles. The average molecular weight is 1090 g/mol. The molecule has 420 valence electrons. The largest absolute Gasteiger partial charge is 0.508 e. The van der Waals surface area contributed by atoms with E-state index in [4.69, 9.17) is 47.1 Å². The number of hydrogen-bond acceptors (Lipinski definition) is 18. The molecular weight excluding hydrogens is 1020 g/mol. The highest BCUT2D eigenvalue weighted by atomic mass is 35.5. The molecule has 0 aliphatic carbocycles. The van der Waals surface area contributed by atoms with Crippen LogP contribution < -0.4 is 26.6 Å². The van der Waals surface area contributed by atoms with E-state index in [0.29, 0.717) is 140 Å². The van der Waals surface area contributed by atoms with Crippen LogP contribution in [0.5, 0.6) is 5.75 Å². The Balaban J connectivity index is 0.00000882. The van der Waals surface area contributed by atoms with Gasteiger partial charge < -0.3 is 60.7 Å². The molecule has 8 rings (SSSR count). The second-order valence-corrected chi connectivity index (χ2v) is 20.2. The number of ether oxygens (including phenoxy) is 3. The van der Waals surface area contributed by atoms with Gasteiger partial charge in [0, 0.05) is 76.5 Å². The molecule has 6 heterocycles. The summed E-state index contributed by atoms with van der Waals surface area (Å²) in [4.78, 5) is 55.4. The number of anilines is 3. The fraction of sp³-hybridized carbons (Fsp3) is 0.537. The van der Waals surface area contributed by atoms with Crippen molar-refractivity contribution < 1.29 is 28.9 Å². The van der Waals surface area contributed by atoms with Crippen molar-refractivity contribution in [3.8, 4) is 18.1 Å². The Morgan fingerprint density at radius 3 is 1.97 bits per heavy atom. The van der Waals surface area contributed by atoms with E-state index < -0.39 is 18.1 Å². The third-order valence-electron chi connectivity index (χ3n) is 14.1. The third-order valence-corrected chi connectivity index (χ3v) is 14.1. The number of rotatable bonds is 27. The first-order valence-corrected chi connectivity index (χ1v) is 26.8. The maximum Gasteiger partial charge on any atom is 0.248 e. The minimum Gasteiger partial charge on any atom is -0.508 e. The Morgan fingerprint density at radius 2 is 1.35 bits per heavy atom. The second-order valence-electron chi connectivity index (χ2n) is 20.2. The van der Waals surface area contributed by atoms with Crippen LogP contribution in [0, 0.1) is 24.2 Å². The van der Waals surface area contributed by atoms with Crippen molar-refractivity contribution in [1.82, 2.24) is 59.7 Å². The van der Waals surface area contributed by atoms with Gasteiger partial charge in [-0.05, 0) is 59.9 Å². The van der Waals surface area contributed by atoms with Crippen molar-refractivity contribution in [2.75, 3.05) is 114 Å². The van der Waals surface area contributed by atoms with Crippen molar-refractivity contribution in [1.29, 1.82) is 0 Å². The lowest BCUT2D eigenvalue weighted by atomic mass is 9.97. The number of phenolic OH excluding ortho intramolecular Hbond substituents is 1. The van der Waals surface area contributed by atoms with Gasteiger partial charge in [-0.3, -0.25) is 9.59 Å². The van der Waals surface area contributed by atoms with Gasteiger partial charge in [0.2, 0.25) is 29.7 Å². The molecule has 2 aliphatic rings. The number of nitrogens with two attached hydrogens (primary N) is 2. The van der Waals surface area contributed by atoms with Gasteiger partial charge in [0.25, 0.3) is 0 Å². The SMILES string of the molecule is C#CCOCCOCCOCCNc1nc(N2CCN(C(=O)[C@H]([C@@H](C)CC)n3cc([C@@H](N)CC(C)C)nn3)CC2)nc(N2CCN(C(=O)[C@H](Cc3cc4ccccc4[nH]3)n3cc([C@@H](N)Cc4ccc(O)cc4)nn3)CC2)n1.Cl. The molecule has 23 nitrogen and oxygen atoms in total. The predicted octanol–water partition coefficient (Wildman–Crippen LogP) is 4.12. The molecule has 0 saturated carbocycles. The molecule has 6 aromatic rings. The molecule has 2 fully saturated rings. The minimum atomic E-state index is -0.717. The Labute approximate surface area is 462 Å². The molecule has 0 unspecified atom stereocenters. The fourth-order valence-corrected chi connectivity index (χ4v) is 9.59. The number of aromatic hydroxyl groups is 1. The Bertz CT molecular complexity index is 2820. The molecule has 2 aromatic carbocycles. The van der Waals surface area contributed by atoms with E-state index in [0.717, 1.165) is 35.0 Å². The van der Waals surface area contributed by atoms with Gasteiger partial charge in [-0.1, -0.05) is 80.8 Å².